The van der Waals surface area contributed by atoms with Gasteiger partial charge in [-0.1, -0.05) is 103 Å². The molecule has 12 aromatic rings. The second-order valence-electron chi connectivity index (χ2n) is 15.5. The van der Waals surface area contributed by atoms with Crippen LogP contribution in [0.2, 0.25) is 0 Å². The largest absolute Gasteiger partial charge is 0.452 e. The highest BCUT2D eigenvalue weighted by Gasteiger charge is 2.21. The van der Waals surface area contributed by atoms with Crippen LogP contribution in [0.1, 0.15) is 23.5 Å². The van der Waals surface area contributed by atoms with Gasteiger partial charge in [-0.3, -0.25) is 0 Å². The van der Waals surface area contributed by atoms with Gasteiger partial charge in [0.1, 0.15) is 22.3 Å². The van der Waals surface area contributed by atoms with E-state index in [1.165, 1.54) is 27.8 Å². The number of benzene rings is 8. The predicted octanol–water partition coefficient (Wildman–Crippen LogP) is 15.7. The second kappa shape index (κ2) is 12.0. The third-order valence-electron chi connectivity index (χ3n) is 12.2. The molecule has 4 aromatic heterocycles. The summed E-state index contributed by atoms with van der Waals surface area (Å²) in [7, 11) is 0. The summed E-state index contributed by atoms with van der Waals surface area (Å²) in [6.45, 7) is 0. The van der Waals surface area contributed by atoms with Gasteiger partial charge < -0.3 is 17.7 Å². The Morgan fingerprint density at radius 1 is 0.345 bits per heavy atom. The molecule has 0 aliphatic heterocycles. The summed E-state index contributed by atoms with van der Waals surface area (Å²) in [5, 5.41) is 8.59. The fraction of sp³-hybridized carbons (Fsp3) is 0.0370. The standard InChI is InChI=1S/C54H32O4/c1-3-8-31(9-4-1)35-14-22-47-43(27-35)39-18-20-41-45-29-37(16-24-49(45)57-53(41)51(39)55-47)33-12-7-13-34(26-33)38-17-25-50-46(30-38)42-21-19-40-44-28-36(32-10-5-2-6-11-32)15-23-48(44)56-52(40)54(42)58-50/h1-12,14-30,34H,13H2. The molecular formula is C54H32O4. The van der Waals surface area contributed by atoms with Crippen molar-refractivity contribution < 1.29 is 17.7 Å². The van der Waals surface area contributed by atoms with Crippen LogP contribution >= 0.6 is 0 Å². The quantitative estimate of drug-likeness (QED) is 0.180. The zero-order chi connectivity index (χ0) is 37.9. The fourth-order valence-electron chi connectivity index (χ4n) is 9.29. The molecule has 0 saturated heterocycles. The van der Waals surface area contributed by atoms with Crippen LogP contribution in [0.15, 0.2) is 194 Å². The van der Waals surface area contributed by atoms with Crippen LogP contribution in [-0.2, 0) is 0 Å². The van der Waals surface area contributed by atoms with Crippen LogP contribution in [0.5, 0.6) is 0 Å². The van der Waals surface area contributed by atoms with Gasteiger partial charge in [-0.25, -0.2) is 0 Å². The first-order valence-electron chi connectivity index (χ1n) is 19.8. The Morgan fingerprint density at radius 2 is 0.759 bits per heavy atom. The van der Waals surface area contributed by atoms with Gasteiger partial charge >= 0.3 is 0 Å². The lowest BCUT2D eigenvalue weighted by Gasteiger charge is -2.18. The first kappa shape index (κ1) is 31.6. The topological polar surface area (TPSA) is 52.6 Å². The van der Waals surface area contributed by atoms with Crippen molar-refractivity contribution in [3.8, 4) is 22.3 Å². The summed E-state index contributed by atoms with van der Waals surface area (Å²) in [5.74, 6) is 0.216. The smallest absolute Gasteiger partial charge is 0.178 e. The van der Waals surface area contributed by atoms with E-state index >= 15 is 0 Å². The lowest BCUT2D eigenvalue weighted by atomic mass is 9.86. The van der Waals surface area contributed by atoms with Crippen LogP contribution in [-0.4, -0.2) is 0 Å². The number of hydrogen-bond acceptors (Lipinski definition) is 4. The summed E-state index contributed by atoms with van der Waals surface area (Å²) in [6.07, 6.45) is 7.86. The lowest BCUT2D eigenvalue weighted by molar-refractivity contribution is 0.633. The molecule has 1 aliphatic rings. The number of hydrogen-bond donors (Lipinski definition) is 0. The van der Waals surface area contributed by atoms with Crippen molar-refractivity contribution in [2.45, 2.75) is 12.3 Å². The highest BCUT2D eigenvalue weighted by molar-refractivity contribution is 6.20. The summed E-state index contributed by atoms with van der Waals surface area (Å²) >= 11 is 0. The van der Waals surface area contributed by atoms with Gasteiger partial charge in [-0.15, -0.1) is 0 Å². The van der Waals surface area contributed by atoms with E-state index in [9.17, 15) is 0 Å². The van der Waals surface area contributed by atoms with Crippen LogP contribution in [0.25, 0.3) is 116 Å². The molecule has 0 fully saturated rings. The van der Waals surface area contributed by atoms with E-state index in [0.29, 0.717) is 0 Å². The van der Waals surface area contributed by atoms with Crippen molar-refractivity contribution in [2.24, 2.45) is 0 Å². The minimum atomic E-state index is 0.216. The fourth-order valence-corrected chi connectivity index (χ4v) is 9.29. The van der Waals surface area contributed by atoms with Gasteiger partial charge in [0.25, 0.3) is 0 Å². The molecule has 0 saturated carbocycles. The molecular weight excluding hydrogens is 713 g/mol. The molecule has 4 heterocycles. The second-order valence-corrected chi connectivity index (χ2v) is 15.5. The number of allylic oxidation sites excluding steroid dienone is 4. The number of furan rings is 4. The van der Waals surface area contributed by atoms with Crippen molar-refractivity contribution >= 4 is 93.3 Å². The summed E-state index contributed by atoms with van der Waals surface area (Å²) in [6, 6.07) is 55.6. The van der Waals surface area contributed by atoms with Crippen molar-refractivity contribution in [1.29, 1.82) is 0 Å². The Morgan fingerprint density at radius 3 is 1.24 bits per heavy atom. The van der Waals surface area contributed by atoms with Crippen LogP contribution in [0, 0.1) is 0 Å². The van der Waals surface area contributed by atoms with Gasteiger partial charge in [-0.2, -0.15) is 0 Å². The van der Waals surface area contributed by atoms with Crippen LogP contribution in [0.4, 0.5) is 0 Å². The van der Waals surface area contributed by atoms with E-state index in [4.69, 9.17) is 17.7 Å². The molecule has 4 heteroatoms. The van der Waals surface area contributed by atoms with Gasteiger partial charge in [-0.05, 0) is 118 Å². The maximum absolute atomic E-state index is 6.54. The molecule has 272 valence electrons. The third-order valence-corrected chi connectivity index (χ3v) is 12.2. The summed E-state index contributed by atoms with van der Waals surface area (Å²) < 4.78 is 26.0. The maximum atomic E-state index is 6.54. The Balaban J connectivity index is 0.860. The van der Waals surface area contributed by atoms with Gasteiger partial charge in [0.05, 0.1) is 0 Å². The third kappa shape index (κ3) is 4.69. The first-order chi connectivity index (χ1) is 28.7. The summed E-state index contributed by atoms with van der Waals surface area (Å²) in [4.78, 5) is 0. The number of rotatable bonds is 4. The molecule has 1 atom stereocenters. The van der Waals surface area contributed by atoms with Gasteiger partial charge in [0.2, 0.25) is 0 Å². The lowest BCUT2D eigenvalue weighted by Crippen LogP contribution is -1.99. The van der Waals surface area contributed by atoms with E-state index in [1.54, 1.807) is 0 Å². The molecule has 0 bridgehead atoms. The highest BCUT2D eigenvalue weighted by atomic mass is 16.4. The Bertz CT molecular complexity index is 3700. The van der Waals surface area contributed by atoms with Crippen molar-refractivity contribution in [2.75, 3.05) is 0 Å². The predicted molar refractivity (Wildman–Crippen MR) is 237 cm³/mol. The monoisotopic (exact) mass is 744 g/mol. The summed E-state index contributed by atoms with van der Waals surface area (Å²) in [5.41, 5.74) is 14.9. The Hall–Kier alpha value is -7.56. The van der Waals surface area contributed by atoms with Gasteiger partial charge in [0.15, 0.2) is 22.3 Å². The molecule has 0 spiro atoms. The molecule has 1 unspecified atom stereocenters. The van der Waals surface area contributed by atoms with E-state index < -0.39 is 0 Å². The average molecular weight is 745 g/mol. The molecule has 0 amide bonds. The first-order valence-corrected chi connectivity index (χ1v) is 19.8. The molecule has 0 radical (unpaired) electrons. The zero-order valence-corrected chi connectivity index (χ0v) is 31.2. The molecule has 0 N–H and O–H groups in total. The molecule has 1 aliphatic carbocycles. The minimum absolute atomic E-state index is 0.216. The maximum Gasteiger partial charge on any atom is 0.178 e. The van der Waals surface area contributed by atoms with Crippen molar-refractivity contribution in [3.05, 3.63) is 187 Å². The molecule has 8 aromatic carbocycles. The van der Waals surface area contributed by atoms with Crippen LogP contribution < -0.4 is 0 Å². The van der Waals surface area contributed by atoms with Crippen LogP contribution in [0.3, 0.4) is 0 Å². The van der Waals surface area contributed by atoms with E-state index in [-0.39, 0.29) is 5.92 Å². The average Bonchev–Trinajstić information content (AvgIpc) is 4.06. The number of fused-ring (bicyclic) bond motifs is 14. The normalized spacial score (nSPS) is 14.7. The SMILES string of the molecule is C1=CC(c2ccc3oc4c(ccc5c6cc(-c7ccccc7)ccc6oc54)c3c2)=CC(c2ccc3oc4c(ccc5c6cc(-c7ccccc7)ccc6oc54)c3c2)C1. The minimum Gasteiger partial charge on any atom is -0.452 e. The van der Waals surface area contributed by atoms with E-state index in [1.807, 2.05) is 12.1 Å². The highest BCUT2D eigenvalue weighted by Crippen LogP contribution is 2.43. The van der Waals surface area contributed by atoms with E-state index in [2.05, 4.69) is 164 Å². The van der Waals surface area contributed by atoms with Crippen molar-refractivity contribution in [3.63, 3.8) is 0 Å². The Labute approximate surface area is 331 Å². The van der Waals surface area contributed by atoms with E-state index in [0.717, 1.165) is 105 Å². The zero-order valence-electron chi connectivity index (χ0n) is 31.2. The molecule has 13 rings (SSSR count). The Kier molecular flexibility index (Phi) is 6.53. The van der Waals surface area contributed by atoms with Crippen molar-refractivity contribution in [1.82, 2.24) is 0 Å². The van der Waals surface area contributed by atoms with Gasteiger partial charge in [0, 0.05) is 49.0 Å². The molecule has 4 nitrogen and oxygen atoms in total. The molecule has 58 heavy (non-hydrogen) atoms.